The Morgan fingerprint density at radius 1 is 1.12 bits per heavy atom. The molecular weight excluding hydrogens is 402 g/mol. The largest absolute Gasteiger partial charge is 0.495 e. The summed E-state index contributed by atoms with van der Waals surface area (Å²) in [6, 6.07) is 6.30. The number of hydrogen-bond donors (Lipinski definition) is 4. The average Bonchev–Trinajstić information content (AvgIpc) is 3.26. The molecule has 3 unspecified atom stereocenters. The molecule has 0 aromatic carbocycles. The maximum absolute atomic E-state index is 5.45. The highest BCUT2D eigenvalue weighted by Crippen LogP contribution is 2.38. The lowest BCUT2D eigenvalue weighted by molar-refractivity contribution is 0.117. The van der Waals surface area contributed by atoms with E-state index in [1.165, 1.54) is 32.2 Å². The molecule has 0 aliphatic carbocycles. The molecule has 0 radical (unpaired) electrons. The molecule has 0 saturated carbocycles. The normalized spacial score (nSPS) is 30.2. The maximum atomic E-state index is 5.45. The summed E-state index contributed by atoms with van der Waals surface area (Å²) in [6.07, 6.45) is 7.91. The molecule has 2 aromatic rings. The Hall–Kier alpha value is -2.16. The van der Waals surface area contributed by atoms with Gasteiger partial charge in [-0.1, -0.05) is 13.8 Å². The van der Waals surface area contributed by atoms with Crippen molar-refractivity contribution in [2.45, 2.75) is 83.2 Å². The topological polar surface area (TPSA) is 86.4 Å². The second-order valence-electron chi connectivity index (χ2n) is 10.2. The summed E-state index contributed by atoms with van der Waals surface area (Å²) in [6.45, 7) is 8.04. The van der Waals surface area contributed by atoms with E-state index in [2.05, 4.69) is 52.1 Å². The van der Waals surface area contributed by atoms with Gasteiger partial charge >= 0.3 is 0 Å². The van der Waals surface area contributed by atoms with Crippen LogP contribution in [-0.4, -0.2) is 58.9 Å². The highest BCUT2D eigenvalue weighted by molar-refractivity contribution is 5.92. The number of methoxy groups -OCH3 is 1. The van der Waals surface area contributed by atoms with Crippen molar-refractivity contribution in [3.63, 3.8) is 0 Å². The predicted octanol–water partition coefficient (Wildman–Crippen LogP) is 3.33. The molecule has 3 aliphatic heterocycles. The lowest BCUT2D eigenvalue weighted by Crippen LogP contribution is -2.48. The summed E-state index contributed by atoms with van der Waals surface area (Å²) in [5.74, 6) is 3.21. The first-order valence-electron chi connectivity index (χ1n) is 12.1. The summed E-state index contributed by atoms with van der Waals surface area (Å²) >= 11 is 0. The minimum absolute atomic E-state index is 0.149. The van der Waals surface area contributed by atoms with Gasteiger partial charge in [-0.15, -0.1) is 0 Å². The number of rotatable bonds is 7. The van der Waals surface area contributed by atoms with Gasteiger partial charge in [0, 0.05) is 42.2 Å². The SMILES string of the molecule is COc1cnc2cc(NC3CC(C)NN3)nc(NC3C[C@H]4CC[C@@H](C3)N4CC(C)C)c2c1. The van der Waals surface area contributed by atoms with Crippen LogP contribution >= 0.6 is 0 Å². The predicted molar refractivity (Wildman–Crippen MR) is 129 cm³/mol. The van der Waals surface area contributed by atoms with Crippen molar-refractivity contribution >= 4 is 22.5 Å². The Kier molecular flexibility index (Phi) is 6.09. The van der Waals surface area contributed by atoms with E-state index in [0.717, 1.165) is 40.6 Å². The van der Waals surface area contributed by atoms with Gasteiger partial charge in [-0.3, -0.25) is 15.3 Å². The number of anilines is 2. The molecule has 4 N–H and O–H groups in total. The van der Waals surface area contributed by atoms with E-state index < -0.39 is 0 Å². The first kappa shape index (κ1) is 21.7. The molecule has 0 amide bonds. The molecular formula is C24H37N7O. The molecule has 3 fully saturated rings. The van der Waals surface area contributed by atoms with Crippen molar-refractivity contribution in [1.29, 1.82) is 0 Å². The third kappa shape index (κ3) is 4.49. The summed E-state index contributed by atoms with van der Waals surface area (Å²) in [5, 5.41) is 8.35. The number of nitrogens with zero attached hydrogens (tertiary/aromatic N) is 3. The van der Waals surface area contributed by atoms with Crippen molar-refractivity contribution in [2.24, 2.45) is 5.92 Å². The number of fused-ring (bicyclic) bond motifs is 3. The minimum atomic E-state index is 0.149. The van der Waals surface area contributed by atoms with E-state index in [1.807, 2.05) is 12.1 Å². The minimum Gasteiger partial charge on any atom is -0.495 e. The van der Waals surface area contributed by atoms with Gasteiger partial charge in [0.2, 0.25) is 0 Å². The van der Waals surface area contributed by atoms with Crippen molar-refractivity contribution in [3.8, 4) is 5.75 Å². The molecule has 8 nitrogen and oxygen atoms in total. The lowest BCUT2D eigenvalue weighted by atomic mass is 9.96. The van der Waals surface area contributed by atoms with Gasteiger partial charge in [0.25, 0.3) is 0 Å². The van der Waals surface area contributed by atoms with Gasteiger partial charge in [-0.2, -0.15) is 0 Å². The summed E-state index contributed by atoms with van der Waals surface area (Å²) in [4.78, 5) is 12.4. The zero-order valence-corrected chi connectivity index (χ0v) is 19.7. The molecule has 174 valence electrons. The van der Waals surface area contributed by atoms with Crippen molar-refractivity contribution in [2.75, 3.05) is 24.3 Å². The number of hydrogen-bond acceptors (Lipinski definition) is 8. The van der Waals surface area contributed by atoms with Gasteiger partial charge in [0.15, 0.2) is 0 Å². The van der Waals surface area contributed by atoms with Crippen LogP contribution in [0.1, 0.15) is 52.9 Å². The number of aromatic nitrogens is 2. The van der Waals surface area contributed by atoms with E-state index in [4.69, 9.17) is 9.72 Å². The van der Waals surface area contributed by atoms with Gasteiger partial charge in [0.1, 0.15) is 17.4 Å². The van der Waals surface area contributed by atoms with E-state index in [1.54, 1.807) is 13.3 Å². The summed E-state index contributed by atoms with van der Waals surface area (Å²) in [7, 11) is 1.68. The van der Waals surface area contributed by atoms with Crippen molar-refractivity contribution in [1.82, 2.24) is 25.7 Å². The quantitative estimate of drug-likeness (QED) is 0.523. The van der Waals surface area contributed by atoms with Crippen molar-refractivity contribution in [3.05, 3.63) is 18.3 Å². The smallest absolute Gasteiger partial charge is 0.138 e. The van der Waals surface area contributed by atoms with Crippen LogP contribution in [0.4, 0.5) is 11.6 Å². The second kappa shape index (κ2) is 9.00. The monoisotopic (exact) mass is 439 g/mol. The van der Waals surface area contributed by atoms with E-state index >= 15 is 0 Å². The number of piperidine rings is 1. The first-order valence-corrected chi connectivity index (χ1v) is 12.1. The number of nitrogens with one attached hydrogen (secondary N) is 4. The molecule has 3 saturated heterocycles. The number of hydrazine groups is 1. The fraction of sp³-hybridized carbons (Fsp3) is 0.667. The van der Waals surface area contributed by atoms with Gasteiger partial charge in [0.05, 0.1) is 25.0 Å². The van der Waals surface area contributed by atoms with Crippen LogP contribution in [0.2, 0.25) is 0 Å². The molecule has 2 aromatic heterocycles. The Bertz CT molecular complexity index is 937. The fourth-order valence-electron chi connectivity index (χ4n) is 5.69. The Morgan fingerprint density at radius 3 is 2.56 bits per heavy atom. The molecule has 0 spiro atoms. The summed E-state index contributed by atoms with van der Waals surface area (Å²) < 4.78 is 5.45. The van der Waals surface area contributed by atoms with Gasteiger partial charge in [-0.25, -0.2) is 10.4 Å². The Balaban J connectivity index is 1.39. The molecule has 3 aliphatic rings. The summed E-state index contributed by atoms with van der Waals surface area (Å²) in [5.41, 5.74) is 7.48. The molecule has 2 bridgehead atoms. The highest BCUT2D eigenvalue weighted by atomic mass is 16.5. The van der Waals surface area contributed by atoms with Gasteiger partial charge < -0.3 is 15.4 Å². The fourth-order valence-corrected chi connectivity index (χ4v) is 5.69. The number of ether oxygens (including phenoxy) is 1. The number of pyridine rings is 2. The van der Waals surface area contributed by atoms with Crippen LogP contribution < -0.4 is 26.2 Å². The van der Waals surface area contributed by atoms with Crippen LogP contribution in [0.15, 0.2) is 18.3 Å². The zero-order chi connectivity index (χ0) is 22.2. The Morgan fingerprint density at radius 2 is 1.91 bits per heavy atom. The molecule has 5 rings (SSSR count). The standard InChI is InChI=1S/C24H37N7O/c1-14(2)13-31-17-5-6-18(31)9-16(8-17)26-24-20-10-19(32-4)12-25-21(20)11-22(28-24)27-23-7-15(3)29-30-23/h10-12,14-18,23,29-30H,5-9,13H2,1-4H3,(H2,26,27,28)/t15?,16?,17-,18+,23?. The van der Waals surface area contributed by atoms with Crippen LogP contribution in [0.25, 0.3) is 10.9 Å². The molecule has 32 heavy (non-hydrogen) atoms. The zero-order valence-electron chi connectivity index (χ0n) is 19.7. The maximum Gasteiger partial charge on any atom is 0.138 e. The third-order valence-corrected chi connectivity index (χ3v) is 7.11. The molecule has 5 heterocycles. The Labute approximate surface area is 190 Å². The van der Waals surface area contributed by atoms with Crippen LogP contribution in [0.3, 0.4) is 0 Å². The highest BCUT2D eigenvalue weighted by Gasteiger charge is 2.40. The second-order valence-corrected chi connectivity index (χ2v) is 10.2. The first-order chi connectivity index (χ1) is 15.5. The van der Waals surface area contributed by atoms with Crippen LogP contribution in [0.5, 0.6) is 5.75 Å². The van der Waals surface area contributed by atoms with Crippen molar-refractivity contribution < 1.29 is 4.74 Å². The third-order valence-electron chi connectivity index (χ3n) is 7.11. The van der Waals surface area contributed by atoms with Gasteiger partial charge in [-0.05, 0) is 51.0 Å². The van der Waals surface area contributed by atoms with Crippen LogP contribution in [-0.2, 0) is 0 Å². The lowest BCUT2D eigenvalue weighted by Gasteiger charge is -2.40. The van der Waals surface area contributed by atoms with E-state index in [-0.39, 0.29) is 6.17 Å². The van der Waals surface area contributed by atoms with E-state index in [0.29, 0.717) is 24.2 Å². The van der Waals surface area contributed by atoms with E-state index in [9.17, 15) is 0 Å². The molecule has 8 heteroatoms. The van der Waals surface area contributed by atoms with Crippen LogP contribution in [0, 0.1) is 5.92 Å². The average molecular weight is 440 g/mol. The molecule has 5 atom stereocenters.